The zero-order valence-electron chi connectivity index (χ0n) is 18.8. The number of amidine groups is 1. The maximum Gasteiger partial charge on any atom is 0.228 e. The molecule has 6 heteroatoms. The predicted octanol–water partition coefficient (Wildman–Crippen LogP) is 5.40. The number of rotatable bonds is 5. The van der Waals surface area contributed by atoms with Crippen LogP contribution in [0.1, 0.15) is 25.0 Å². The molecule has 0 fully saturated rings. The van der Waals surface area contributed by atoms with Crippen molar-refractivity contribution >= 4 is 23.1 Å². The number of fused-ring (bicyclic) bond motifs is 2. The van der Waals surface area contributed by atoms with Gasteiger partial charge in [-0.1, -0.05) is 24.3 Å². The normalized spacial score (nSPS) is 12.1. The molecular weight excluding hydrogens is 402 g/mol. The Hall–Kier alpha value is -3.80. The molecule has 0 unspecified atom stereocenters. The Labute approximate surface area is 188 Å². The number of benzene rings is 3. The molecule has 0 atom stereocenters. The molecule has 0 spiro atoms. The van der Waals surface area contributed by atoms with Gasteiger partial charge in [-0.25, -0.2) is 4.99 Å². The first kappa shape index (κ1) is 21.4. The minimum Gasteiger partial charge on any atom is -0.497 e. The Morgan fingerprint density at radius 3 is 2.53 bits per heavy atom. The average Bonchev–Trinajstić information content (AvgIpc) is 2.95. The van der Waals surface area contributed by atoms with Crippen LogP contribution in [0, 0.1) is 0 Å². The summed E-state index contributed by atoms with van der Waals surface area (Å²) >= 11 is 0. The van der Waals surface area contributed by atoms with Gasteiger partial charge in [0.15, 0.2) is 5.75 Å². The van der Waals surface area contributed by atoms with E-state index in [0.29, 0.717) is 17.2 Å². The van der Waals surface area contributed by atoms with Crippen LogP contribution in [-0.2, 0) is 11.2 Å². The molecule has 3 aromatic rings. The number of carbonyl (C=O) groups is 1. The van der Waals surface area contributed by atoms with Gasteiger partial charge in [-0.05, 0) is 61.9 Å². The number of hydrogen-bond acceptors (Lipinski definition) is 5. The third kappa shape index (κ3) is 4.59. The summed E-state index contributed by atoms with van der Waals surface area (Å²) in [6.45, 7) is 4.22. The van der Waals surface area contributed by atoms with E-state index in [0.717, 1.165) is 28.4 Å². The van der Waals surface area contributed by atoms with Crippen molar-refractivity contribution in [1.82, 2.24) is 4.90 Å². The minimum atomic E-state index is -0.0938. The first-order valence-corrected chi connectivity index (χ1v) is 10.6. The van der Waals surface area contributed by atoms with Crippen LogP contribution in [0.2, 0.25) is 0 Å². The zero-order valence-corrected chi connectivity index (χ0v) is 18.8. The lowest BCUT2D eigenvalue weighted by atomic mass is 10.1. The van der Waals surface area contributed by atoms with Crippen LogP contribution in [0.15, 0.2) is 71.7 Å². The molecule has 0 aliphatic carbocycles. The number of para-hydroxylation sites is 2. The molecule has 0 saturated carbocycles. The summed E-state index contributed by atoms with van der Waals surface area (Å²) in [7, 11) is 3.63. The highest BCUT2D eigenvalue weighted by Crippen LogP contribution is 2.39. The number of anilines is 1. The van der Waals surface area contributed by atoms with Crippen molar-refractivity contribution in [1.29, 1.82) is 0 Å². The first-order chi connectivity index (χ1) is 15.4. The zero-order chi connectivity index (χ0) is 22.7. The van der Waals surface area contributed by atoms with Crippen LogP contribution in [0.3, 0.4) is 0 Å². The van der Waals surface area contributed by atoms with E-state index >= 15 is 0 Å². The highest BCUT2D eigenvalue weighted by atomic mass is 16.5. The lowest BCUT2D eigenvalue weighted by Crippen LogP contribution is -2.33. The number of hydrogen-bond donors (Lipinski definition) is 1. The number of nitrogens with one attached hydrogen (secondary N) is 1. The van der Waals surface area contributed by atoms with Gasteiger partial charge in [-0.15, -0.1) is 0 Å². The van der Waals surface area contributed by atoms with E-state index < -0.39 is 0 Å². The van der Waals surface area contributed by atoms with Gasteiger partial charge in [0.2, 0.25) is 5.91 Å². The Bertz CT molecular complexity index is 1150. The van der Waals surface area contributed by atoms with Crippen molar-refractivity contribution < 1.29 is 14.3 Å². The lowest BCUT2D eigenvalue weighted by Gasteiger charge is -2.26. The maximum atomic E-state index is 12.7. The van der Waals surface area contributed by atoms with E-state index in [2.05, 4.69) is 24.1 Å². The second kappa shape index (κ2) is 9.14. The highest BCUT2D eigenvalue weighted by molar-refractivity contribution is 6.05. The molecule has 0 bridgehead atoms. The van der Waals surface area contributed by atoms with E-state index in [-0.39, 0.29) is 18.4 Å². The SMILES string of the molecule is COc1ccc(CC(=O)Nc2ccc3c(c2)C(N(C)C(C)C)=Nc2ccccc2O3)cc1. The van der Waals surface area contributed by atoms with Crippen LogP contribution in [0.5, 0.6) is 17.2 Å². The van der Waals surface area contributed by atoms with Crippen molar-refractivity contribution in [3.8, 4) is 17.2 Å². The quantitative estimate of drug-likeness (QED) is 0.590. The maximum absolute atomic E-state index is 12.7. The molecule has 0 saturated heterocycles. The summed E-state index contributed by atoms with van der Waals surface area (Å²) in [4.78, 5) is 19.7. The third-order valence-corrected chi connectivity index (χ3v) is 5.45. The highest BCUT2D eigenvalue weighted by Gasteiger charge is 2.23. The fraction of sp³-hybridized carbons (Fsp3) is 0.231. The molecule has 1 aliphatic rings. The fourth-order valence-electron chi connectivity index (χ4n) is 3.45. The van der Waals surface area contributed by atoms with Gasteiger partial charge in [-0.3, -0.25) is 4.79 Å². The van der Waals surface area contributed by atoms with E-state index in [1.54, 1.807) is 7.11 Å². The molecule has 0 aromatic heterocycles. The Morgan fingerprint density at radius 2 is 1.81 bits per heavy atom. The first-order valence-electron chi connectivity index (χ1n) is 10.6. The Balaban J connectivity index is 1.62. The molecule has 6 nitrogen and oxygen atoms in total. The number of methoxy groups -OCH3 is 1. The van der Waals surface area contributed by atoms with Gasteiger partial charge in [0.1, 0.15) is 23.0 Å². The molecule has 3 aromatic carbocycles. The molecule has 1 heterocycles. The monoisotopic (exact) mass is 429 g/mol. The summed E-state index contributed by atoms with van der Waals surface area (Å²) in [6, 6.07) is 21.1. The third-order valence-electron chi connectivity index (χ3n) is 5.45. The number of amides is 1. The summed E-state index contributed by atoms with van der Waals surface area (Å²) < 4.78 is 11.3. The molecule has 4 rings (SSSR count). The van der Waals surface area contributed by atoms with Gasteiger partial charge in [0.05, 0.1) is 19.1 Å². The van der Waals surface area contributed by atoms with Crippen LogP contribution < -0.4 is 14.8 Å². The smallest absolute Gasteiger partial charge is 0.228 e. The average molecular weight is 430 g/mol. The molecule has 1 aliphatic heterocycles. The van der Waals surface area contributed by atoms with E-state index in [1.807, 2.05) is 73.8 Å². The topological polar surface area (TPSA) is 63.2 Å². The van der Waals surface area contributed by atoms with Crippen LogP contribution in [0.25, 0.3) is 0 Å². The second-order valence-corrected chi connectivity index (χ2v) is 7.99. The van der Waals surface area contributed by atoms with Gasteiger partial charge in [0.25, 0.3) is 0 Å². The summed E-state index contributed by atoms with van der Waals surface area (Å²) in [5.41, 5.74) is 3.22. The van der Waals surface area contributed by atoms with Crippen LogP contribution >= 0.6 is 0 Å². The van der Waals surface area contributed by atoms with Crippen molar-refractivity contribution in [2.45, 2.75) is 26.3 Å². The molecule has 1 N–H and O–H groups in total. The van der Waals surface area contributed by atoms with Gasteiger partial charge < -0.3 is 19.7 Å². The Kier molecular flexibility index (Phi) is 6.12. The van der Waals surface area contributed by atoms with Crippen molar-refractivity contribution in [2.24, 2.45) is 4.99 Å². The van der Waals surface area contributed by atoms with E-state index in [9.17, 15) is 4.79 Å². The molecule has 32 heavy (non-hydrogen) atoms. The lowest BCUT2D eigenvalue weighted by molar-refractivity contribution is -0.115. The minimum absolute atomic E-state index is 0.0938. The fourth-order valence-corrected chi connectivity index (χ4v) is 3.45. The van der Waals surface area contributed by atoms with E-state index in [1.165, 1.54) is 0 Å². The van der Waals surface area contributed by atoms with Crippen LogP contribution in [-0.4, -0.2) is 36.8 Å². The predicted molar refractivity (Wildman–Crippen MR) is 127 cm³/mol. The van der Waals surface area contributed by atoms with Crippen LogP contribution in [0.4, 0.5) is 11.4 Å². The standard InChI is InChI=1S/C26H27N3O3/c1-17(2)29(3)26-21-16-19(27-25(30)15-18-9-12-20(31-4)13-10-18)11-14-23(21)32-24-8-6-5-7-22(24)28-26/h5-14,16-17H,15H2,1-4H3,(H,27,30). The Morgan fingerprint density at radius 1 is 1.06 bits per heavy atom. The van der Waals surface area contributed by atoms with Gasteiger partial charge >= 0.3 is 0 Å². The van der Waals surface area contributed by atoms with Crippen molar-refractivity contribution in [3.05, 3.63) is 77.9 Å². The number of nitrogens with zero attached hydrogens (tertiary/aromatic N) is 2. The van der Waals surface area contributed by atoms with Gasteiger partial charge in [0, 0.05) is 18.8 Å². The summed E-state index contributed by atoms with van der Waals surface area (Å²) in [5.74, 6) is 2.88. The number of ether oxygens (including phenoxy) is 2. The van der Waals surface area contributed by atoms with Crippen molar-refractivity contribution in [2.75, 3.05) is 19.5 Å². The molecular formula is C26H27N3O3. The number of aliphatic imine (C=N–C) groups is 1. The molecule has 0 radical (unpaired) electrons. The largest absolute Gasteiger partial charge is 0.497 e. The number of carbonyl (C=O) groups excluding carboxylic acids is 1. The summed E-state index contributed by atoms with van der Waals surface area (Å²) in [5, 5.41) is 3.00. The van der Waals surface area contributed by atoms with Crippen molar-refractivity contribution in [3.63, 3.8) is 0 Å². The molecule has 1 amide bonds. The second-order valence-electron chi connectivity index (χ2n) is 7.99. The molecule has 164 valence electrons. The summed E-state index contributed by atoms with van der Waals surface area (Å²) in [6.07, 6.45) is 0.274. The van der Waals surface area contributed by atoms with E-state index in [4.69, 9.17) is 14.5 Å². The van der Waals surface area contributed by atoms with Gasteiger partial charge in [-0.2, -0.15) is 0 Å².